The van der Waals surface area contributed by atoms with Crippen molar-refractivity contribution in [2.24, 2.45) is 0 Å². The number of rotatable bonds is 7. The molecule has 0 bridgehead atoms. The number of amides is 1. The predicted octanol–water partition coefficient (Wildman–Crippen LogP) is 2.62. The minimum Gasteiger partial charge on any atom is -0.353 e. The number of nitrogens with zero attached hydrogens (tertiary/aromatic N) is 4. The summed E-state index contributed by atoms with van der Waals surface area (Å²) in [5, 5.41) is 4.01. The van der Waals surface area contributed by atoms with E-state index in [-0.39, 0.29) is 11.9 Å². The summed E-state index contributed by atoms with van der Waals surface area (Å²) < 4.78 is 4.54. The summed E-state index contributed by atoms with van der Waals surface area (Å²) in [6.45, 7) is 6.99. The molecule has 1 aromatic carbocycles. The Bertz CT molecular complexity index is 784. The molecule has 2 fully saturated rings. The van der Waals surface area contributed by atoms with E-state index in [1.54, 1.807) is 0 Å². The molecule has 2 aliphatic heterocycles. The average Bonchev–Trinajstić information content (AvgIpc) is 3.45. The molecule has 0 unspecified atom stereocenters. The van der Waals surface area contributed by atoms with E-state index in [2.05, 4.69) is 50.7 Å². The van der Waals surface area contributed by atoms with Crippen molar-refractivity contribution in [1.29, 1.82) is 0 Å². The lowest BCUT2D eigenvalue weighted by Crippen LogP contribution is -2.45. The molecule has 6 nitrogen and oxygen atoms in total. The fourth-order valence-corrected chi connectivity index (χ4v) is 4.81. The van der Waals surface area contributed by atoms with E-state index < -0.39 is 0 Å². The molecule has 150 valence electrons. The highest BCUT2D eigenvalue weighted by molar-refractivity contribution is 7.09. The van der Waals surface area contributed by atoms with Crippen molar-refractivity contribution in [3.05, 3.63) is 41.2 Å². The van der Waals surface area contributed by atoms with E-state index in [1.165, 1.54) is 48.6 Å². The number of aromatic nitrogens is 2. The number of hydrogen-bond acceptors (Lipinski definition) is 6. The summed E-state index contributed by atoms with van der Waals surface area (Å²) in [5.74, 6) is 0.968. The second kappa shape index (κ2) is 9.01. The Balaban J connectivity index is 1.33. The topological polar surface area (TPSA) is 61.4 Å². The number of likely N-dealkylation sites (tertiary alicyclic amines) is 1. The normalized spacial score (nSPS) is 20.0. The lowest BCUT2D eigenvalue weighted by molar-refractivity contribution is -0.122. The van der Waals surface area contributed by atoms with Crippen molar-refractivity contribution in [3.8, 4) is 0 Å². The van der Waals surface area contributed by atoms with Gasteiger partial charge in [-0.3, -0.25) is 4.79 Å². The number of anilines is 1. The zero-order chi connectivity index (χ0) is 19.3. The lowest BCUT2D eigenvalue weighted by Gasteiger charge is -2.23. The van der Waals surface area contributed by atoms with Crippen molar-refractivity contribution in [3.63, 3.8) is 0 Å². The molecule has 7 heteroatoms. The van der Waals surface area contributed by atoms with Gasteiger partial charge in [-0.05, 0) is 51.3 Å². The third-order valence-corrected chi connectivity index (χ3v) is 6.46. The molecule has 1 aromatic heterocycles. The van der Waals surface area contributed by atoms with Crippen molar-refractivity contribution in [2.75, 3.05) is 37.6 Å². The van der Waals surface area contributed by atoms with Crippen molar-refractivity contribution in [1.82, 2.24) is 19.6 Å². The third kappa shape index (κ3) is 4.70. The van der Waals surface area contributed by atoms with E-state index in [4.69, 9.17) is 4.98 Å². The summed E-state index contributed by atoms with van der Waals surface area (Å²) >= 11 is 1.41. The fraction of sp³-hybridized carbons (Fsp3) is 0.571. The van der Waals surface area contributed by atoms with Crippen molar-refractivity contribution < 1.29 is 4.79 Å². The Hall–Kier alpha value is -1.99. The second-order valence-electron chi connectivity index (χ2n) is 7.85. The van der Waals surface area contributed by atoms with Crippen molar-refractivity contribution in [2.45, 2.75) is 45.1 Å². The molecule has 2 aromatic rings. The van der Waals surface area contributed by atoms with Gasteiger partial charge in [0.25, 0.3) is 0 Å². The molecule has 4 rings (SSSR count). The molecule has 1 N–H and O–H groups in total. The van der Waals surface area contributed by atoms with Crippen LogP contribution in [0.5, 0.6) is 0 Å². The number of carbonyl (C=O) groups is 1. The van der Waals surface area contributed by atoms with Gasteiger partial charge in [0.1, 0.15) is 11.9 Å². The smallest absolute Gasteiger partial charge is 0.242 e. The van der Waals surface area contributed by atoms with Gasteiger partial charge in [-0.25, -0.2) is 4.98 Å². The maximum absolute atomic E-state index is 12.7. The summed E-state index contributed by atoms with van der Waals surface area (Å²) in [4.78, 5) is 22.0. The Kier molecular flexibility index (Phi) is 6.22. The van der Waals surface area contributed by atoms with Gasteiger partial charge in [-0.15, -0.1) is 0 Å². The van der Waals surface area contributed by atoms with Crippen LogP contribution in [0.1, 0.15) is 42.6 Å². The molecule has 3 heterocycles. The van der Waals surface area contributed by atoms with Crippen LogP contribution in [0.25, 0.3) is 0 Å². The van der Waals surface area contributed by atoms with Gasteiger partial charge in [-0.2, -0.15) is 4.37 Å². The van der Waals surface area contributed by atoms with Crippen LogP contribution in [0.3, 0.4) is 0 Å². The van der Waals surface area contributed by atoms with E-state index in [0.717, 1.165) is 49.9 Å². The van der Waals surface area contributed by atoms with Crippen LogP contribution in [0.2, 0.25) is 0 Å². The summed E-state index contributed by atoms with van der Waals surface area (Å²) in [5.41, 5.74) is 2.47. The maximum atomic E-state index is 12.7. The van der Waals surface area contributed by atoms with Crippen LogP contribution in [0.15, 0.2) is 24.3 Å². The predicted molar refractivity (Wildman–Crippen MR) is 113 cm³/mol. The van der Waals surface area contributed by atoms with Gasteiger partial charge in [0.15, 0.2) is 0 Å². The van der Waals surface area contributed by atoms with E-state index in [9.17, 15) is 4.79 Å². The average molecular weight is 400 g/mol. The van der Waals surface area contributed by atoms with Gasteiger partial charge >= 0.3 is 0 Å². The first-order valence-electron chi connectivity index (χ1n) is 10.3. The molecule has 0 aliphatic carbocycles. The molecule has 2 aliphatic rings. The number of nitrogens with one attached hydrogen (secondary N) is 1. The SMILES string of the molecule is Cc1ccc(Cc2nsc(N3CCC[C@@H]3C(=O)NCCN3CCCC3)n2)cc1. The monoisotopic (exact) mass is 399 g/mol. The molecule has 0 spiro atoms. The highest BCUT2D eigenvalue weighted by Gasteiger charge is 2.32. The second-order valence-corrected chi connectivity index (χ2v) is 8.58. The molecule has 1 amide bonds. The number of hydrogen-bond donors (Lipinski definition) is 1. The highest BCUT2D eigenvalue weighted by Crippen LogP contribution is 2.27. The molecule has 0 radical (unpaired) electrons. The number of benzene rings is 1. The Morgan fingerprint density at radius 3 is 2.75 bits per heavy atom. The number of aryl methyl sites for hydroxylation is 1. The van der Waals surface area contributed by atoms with Crippen LogP contribution < -0.4 is 10.2 Å². The van der Waals surface area contributed by atoms with Crippen LogP contribution in [0.4, 0.5) is 5.13 Å². The molecule has 28 heavy (non-hydrogen) atoms. The van der Waals surface area contributed by atoms with E-state index in [1.807, 2.05) is 0 Å². The van der Waals surface area contributed by atoms with Crippen LogP contribution in [-0.2, 0) is 11.2 Å². The van der Waals surface area contributed by atoms with Crippen molar-refractivity contribution >= 4 is 22.6 Å². The zero-order valence-electron chi connectivity index (χ0n) is 16.6. The first-order chi connectivity index (χ1) is 13.7. The summed E-state index contributed by atoms with van der Waals surface area (Å²) in [6.07, 6.45) is 5.22. The molecule has 2 saturated heterocycles. The van der Waals surface area contributed by atoms with Gasteiger partial charge in [0.05, 0.1) is 0 Å². The van der Waals surface area contributed by atoms with Crippen LogP contribution in [-0.4, -0.2) is 58.9 Å². The highest BCUT2D eigenvalue weighted by atomic mass is 32.1. The van der Waals surface area contributed by atoms with E-state index >= 15 is 0 Å². The molecule has 1 atom stereocenters. The Morgan fingerprint density at radius 2 is 1.96 bits per heavy atom. The number of carbonyl (C=O) groups excluding carboxylic acids is 1. The maximum Gasteiger partial charge on any atom is 0.242 e. The Labute approximate surface area is 171 Å². The zero-order valence-corrected chi connectivity index (χ0v) is 17.4. The first-order valence-corrected chi connectivity index (χ1v) is 11.1. The molecule has 0 saturated carbocycles. The lowest BCUT2D eigenvalue weighted by atomic mass is 10.1. The van der Waals surface area contributed by atoms with Crippen LogP contribution >= 0.6 is 11.5 Å². The standard InChI is InChI=1S/C21H29N5OS/c1-16-6-8-17(9-7-16)15-19-23-21(28-24-19)26-13-4-5-18(26)20(27)22-10-14-25-11-2-3-12-25/h6-9,18H,2-5,10-15H2,1H3,(H,22,27)/t18-/m1/s1. The van der Waals surface area contributed by atoms with Crippen LogP contribution in [0, 0.1) is 6.92 Å². The van der Waals surface area contributed by atoms with Gasteiger partial charge in [0.2, 0.25) is 11.0 Å². The fourth-order valence-electron chi connectivity index (χ4n) is 4.05. The van der Waals surface area contributed by atoms with Gasteiger partial charge in [-0.1, -0.05) is 29.8 Å². The third-order valence-electron chi connectivity index (χ3n) is 5.67. The summed E-state index contributed by atoms with van der Waals surface area (Å²) in [7, 11) is 0. The van der Waals surface area contributed by atoms with Gasteiger partial charge < -0.3 is 15.1 Å². The Morgan fingerprint density at radius 1 is 1.18 bits per heavy atom. The molecular formula is C21H29N5OS. The summed E-state index contributed by atoms with van der Waals surface area (Å²) in [6, 6.07) is 8.38. The minimum atomic E-state index is -0.112. The quantitative estimate of drug-likeness (QED) is 0.776. The van der Waals surface area contributed by atoms with E-state index in [0.29, 0.717) is 0 Å². The largest absolute Gasteiger partial charge is 0.353 e. The minimum absolute atomic E-state index is 0.112. The first kappa shape index (κ1) is 19.3. The van der Waals surface area contributed by atoms with Gasteiger partial charge in [0, 0.05) is 37.6 Å². The molecular weight excluding hydrogens is 370 g/mol.